The molecule has 0 fully saturated rings. The second-order valence-electron chi connectivity index (χ2n) is 5.87. The highest BCUT2D eigenvalue weighted by atomic mass is 79.9. The first-order valence-corrected chi connectivity index (χ1v) is 8.73. The molecule has 0 saturated carbocycles. The van der Waals surface area contributed by atoms with Gasteiger partial charge in [-0.1, -0.05) is 6.07 Å². The van der Waals surface area contributed by atoms with Crippen molar-refractivity contribution >= 4 is 38.4 Å². The number of benzene rings is 2. The molecule has 3 N–H and O–H groups in total. The zero-order valence-electron chi connectivity index (χ0n) is 14.8. The highest BCUT2D eigenvalue weighted by Crippen LogP contribution is 2.35. The van der Waals surface area contributed by atoms with Gasteiger partial charge in [0.25, 0.3) is 11.5 Å². The lowest BCUT2D eigenvalue weighted by Crippen LogP contribution is -2.23. The zero-order valence-corrected chi connectivity index (χ0v) is 16.4. The van der Waals surface area contributed by atoms with Crippen LogP contribution in [0.25, 0.3) is 10.9 Å². The molecule has 7 nitrogen and oxygen atoms in total. The van der Waals surface area contributed by atoms with Gasteiger partial charge in [-0.25, -0.2) is 0 Å². The van der Waals surface area contributed by atoms with Crippen LogP contribution in [0, 0.1) is 6.92 Å². The highest BCUT2D eigenvalue weighted by Gasteiger charge is 2.21. The van der Waals surface area contributed by atoms with Crippen molar-refractivity contribution in [3.8, 4) is 17.2 Å². The van der Waals surface area contributed by atoms with Crippen molar-refractivity contribution in [3.63, 3.8) is 0 Å². The van der Waals surface area contributed by atoms with Crippen molar-refractivity contribution in [2.24, 2.45) is 0 Å². The number of H-pyrrole nitrogens is 1. The number of aryl methyl sites for hydroxylation is 1. The van der Waals surface area contributed by atoms with Crippen LogP contribution in [0.15, 0.2) is 39.6 Å². The maximum Gasteiger partial charge on any atom is 0.265 e. The van der Waals surface area contributed by atoms with Crippen LogP contribution in [-0.2, 0) is 0 Å². The molecule has 3 rings (SSSR count). The van der Waals surface area contributed by atoms with Crippen LogP contribution in [0.2, 0.25) is 0 Å². The van der Waals surface area contributed by atoms with Gasteiger partial charge in [0.2, 0.25) is 0 Å². The summed E-state index contributed by atoms with van der Waals surface area (Å²) in [6.07, 6.45) is 0. The number of pyridine rings is 1. The van der Waals surface area contributed by atoms with Crippen LogP contribution >= 0.6 is 15.9 Å². The second kappa shape index (κ2) is 7.32. The van der Waals surface area contributed by atoms with E-state index in [1.165, 1.54) is 26.4 Å². The van der Waals surface area contributed by atoms with Gasteiger partial charge in [-0.3, -0.25) is 9.59 Å². The minimum atomic E-state index is -0.727. The predicted octanol–water partition coefficient (Wildman–Crippen LogP) is 3.57. The third-order valence-electron chi connectivity index (χ3n) is 4.09. The van der Waals surface area contributed by atoms with E-state index in [1.54, 1.807) is 6.07 Å². The minimum Gasteiger partial charge on any atom is -0.506 e. The van der Waals surface area contributed by atoms with E-state index in [0.29, 0.717) is 27.2 Å². The first-order chi connectivity index (χ1) is 12.8. The lowest BCUT2D eigenvalue weighted by Gasteiger charge is -2.12. The summed E-state index contributed by atoms with van der Waals surface area (Å²) < 4.78 is 11.1. The summed E-state index contributed by atoms with van der Waals surface area (Å²) in [6, 6.07) is 8.38. The number of rotatable bonds is 4. The summed E-state index contributed by atoms with van der Waals surface area (Å²) in [5, 5.41) is 13.5. The Labute approximate surface area is 163 Å². The van der Waals surface area contributed by atoms with Crippen molar-refractivity contribution in [1.82, 2.24) is 4.98 Å². The molecule has 27 heavy (non-hydrogen) atoms. The zero-order chi connectivity index (χ0) is 19.7. The molecular weight excluding hydrogens is 416 g/mol. The van der Waals surface area contributed by atoms with Gasteiger partial charge in [-0.15, -0.1) is 0 Å². The monoisotopic (exact) mass is 432 g/mol. The molecule has 0 aliphatic rings. The number of carbonyl (C=O) groups excluding carboxylic acids is 1. The predicted molar refractivity (Wildman–Crippen MR) is 106 cm³/mol. The summed E-state index contributed by atoms with van der Waals surface area (Å²) in [6.45, 7) is 1.91. The van der Waals surface area contributed by atoms with E-state index in [0.717, 1.165) is 5.56 Å². The van der Waals surface area contributed by atoms with E-state index in [4.69, 9.17) is 9.47 Å². The fourth-order valence-corrected chi connectivity index (χ4v) is 3.31. The molecule has 8 heteroatoms. The molecule has 0 aliphatic heterocycles. The number of aromatic hydroxyl groups is 1. The lowest BCUT2D eigenvalue weighted by atomic mass is 10.1. The average Bonchev–Trinajstić information content (AvgIpc) is 2.63. The maximum atomic E-state index is 12.6. The van der Waals surface area contributed by atoms with Gasteiger partial charge in [-0.05, 0) is 46.6 Å². The summed E-state index contributed by atoms with van der Waals surface area (Å²) in [7, 11) is 2.91. The van der Waals surface area contributed by atoms with E-state index in [-0.39, 0.29) is 10.9 Å². The van der Waals surface area contributed by atoms with Crippen LogP contribution < -0.4 is 20.3 Å². The number of methoxy groups -OCH3 is 2. The fourth-order valence-electron chi connectivity index (χ4n) is 2.72. The van der Waals surface area contributed by atoms with Gasteiger partial charge in [0.1, 0.15) is 11.3 Å². The molecule has 140 valence electrons. The summed E-state index contributed by atoms with van der Waals surface area (Å²) >= 11 is 3.37. The Balaban J connectivity index is 2.10. The Bertz CT molecular complexity index is 1110. The summed E-state index contributed by atoms with van der Waals surface area (Å²) in [5.41, 5.74) is 0.711. The second-order valence-corrected chi connectivity index (χ2v) is 6.72. The van der Waals surface area contributed by atoms with E-state index >= 15 is 0 Å². The number of amides is 1. The number of carbonyl (C=O) groups is 1. The Morgan fingerprint density at radius 2 is 1.81 bits per heavy atom. The molecule has 0 unspecified atom stereocenters. The van der Waals surface area contributed by atoms with Crippen molar-refractivity contribution in [3.05, 3.63) is 56.3 Å². The summed E-state index contributed by atoms with van der Waals surface area (Å²) in [4.78, 5) is 27.7. The third kappa shape index (κ3) is 3.48. The molecule has 3 aromatic rings. The van der Waals surface area contributed by atoms with Crippen LogP contribution in [-0.4, -0.2) is 30.2 Å². The number of aromatic nitrogens is 1. The van der Waals surface area contributed by atoms with Gasteiger partial charge in [0, 0.05) is 15.9 Å². The van der Waals surface area contributed by atoms with Crippen molar-refractivity contribution in [2.75, 3.05) is 19.5 Å². The van der Waals surface area contributed by atoms with E-state index in [1.807, 2.05) is 19.1 Å². The molecule has 0 radical (unpaired) electrons. The number of hydrogen-bond donors (Lipinski definition) is 3. The van der Waals surface area contributed by atoms with E-state index in [2.05, 4.69) is 26.2 Å². The molecule has 1 heterocycles. The fraction of sp³-hybridized carbons (Fsp3) is 0.158. The SMILES string of the molecule is COc1cc2[nH]c(=O)c(C(=O)Nc3ccc(C)cc3Br)c(O)c2cc1OC. The molecule has 0 atom stereocenters. The van der Waals surface area contributed by atoms with Crippen molar-refractivity contribution in [2.45, 2.75) is 6.92 Å². The Morgan fingerprint density at radius 3 is 2.44 bits per heavy atom. The standard InChI is InChI=1S/C19H17BrN2O5/c1-9-4-5-12(11(20)6-9)21-18(24)16-17(23)10-7-14(26-2)15(27-3)8-13(10)22-19(16)25/h4-8H,1-3H3,(H,21,24)(H2,22,23,25). The molecule has 1 aromatic heterocycles. The number of nitrogens with one attached hydrogen (secondary N) is 2. The Hall–Kier alpha value is -3.00. The van der Waals surface area contributed by atoms with Gasteiger partial charge >= 0.3 is 0 Å². The van der Waals surface area contributed by atoms with Gasteiger partial charge in [0.15, 0.2) is 11.5 Å². The minimum absolute atomic E-state index is 0.264. The smallest absolute Gasteiger partial charge is 0.265 e. The largest absolute Gasteiger partial charge is 0.506 e. The Kier molecular flexibility index (Phi) is 5.09. The third-order valence-corrected chi connectivity index (χ3v) is 4.75. The van der Waals surface area contributed by atoms with Gasteiger partial charge in [-0.2, -0.15) is 0 Å². The lowest BCUT2D eigenvalue weighted by molar-refractivity contribution is 0.102. The average molecular weight is 433 g/mol. The number of anilines is 1. The quantitative estimate of drug-likeness (QED) is 0.584. The van der Waals surface area contributed by atoms with Crippen LogP contribution in [0.3, 0.4) is 0 Å². The first kappa shape index (κ1) is 18.8. The molecule has 0 aliphatic carbocycles. The maximum absolute atomic E-state index is 12.6. The molecule has 1 amide bonds. The van der Waals surface area contributed by atoms with Crippen molar-refractivity contribution in [1.29, 1.82) is 0 Å². The van der Waals surface area contributed by atoms with Gasteiger partial charge < -0.3 is 24.9 Å². The normalized spacial score (nSPS) is 10.7. The molecule has 2 aromatic carbocycles. The van der Waals surface area contributed by atoms with Gasteiger partial charge in [0.05, 0.1) is 25.4 Å². The van der Waals surface area contributed by atoms with Crippen LogP contribution in [0.4, 0.5) is 5.69 Å². The highest BCUT2D eigenvalue weighted by molar-refractivity contribution is 9.10. The number of halogens is 1. The molecule has 0 spiro atoms. The molecular formula is C19H17BrN2O5. The number of aromatic amines is 1. The molecule has 0 saturated heterocycles. The van der Waals surface area contributed by atoms with E-state index < -0.39 is 17.2 Å². The topological polar surface area (TPSA) is 101 Å². The number of fused-ring (bicyclic) bond motifs is 1. The number of ether oxygens (including phenoxy) is 2. The molecule has 0 bridgehead atoms. The van der Waals surface area contributed by atoms with E-state index in [9.17, 15) is 14.7 Å². The van der Waals surface area contributed by atoms with Crippen LogP contribution in [0.1, 0.15) is 15.9 Å². The Morgan fingerprint density at radius 1 is 1.15 bits per heavy atom. The van der Waals surface area contributed by atoms with Crippen molar-refractivity contribution < 1.29 is 19.4 Å². The number of hydrogen-bond acceptors (Lipinski definition) is 5. The van der Waals surface area contributed by atoms with Crippen LogP contribution in [0.5, 0.6) is 17.2 Å². The first-order valence-electron chi connectivity index (χ1n) is 7.94. The summed E-state index contributed by atoms with van der Waals surface area (Å²) in [5.74, 6) is -0.411.